The molecule has 1 aliphatic carbocycles. The third-order valence-electron chi connectivity index (χ3n) is 6.21. The standard InChI is InChI=1S/C23H32FN3O3/c24-20-8-6-17(7-9-20)16-26-23(30)19-11-14-27(15-12-19)21(28)10-13-25-22(29)18-4-2-1-3-5-18/h6-9,18-19H,1-5,10-16H2,(H,25,29)(H,26,30). The zero-order valence-electron chi connectivity index (χ0n) is 17.5. The molecule has 3 amide bonds. The van der Waals surface area contributed by atoms with Gasteiger partial charge in [-0.3, -0.25) is 14.4 Å². The van der Waals surface area contributed by atoms with Gasteiger partial charge in [-0.2, -0.15) is 0 Å². The predicted octanol–water partition coefficient (Wildman–Crippen LogP) is 2.77. The molecule has 0 aromatic heterocycles. The first kappa shape index (κ1) is 22.2. The summed E-state index contributed by atoms with van der Waals surface area (Å²) in [6.07, 6.45) is 6.92. The van der Waals surface area contributed by atoms with Gasteiger partial charge in [-0.05, 0) is 43.4 Å². The molecule has 6 nitrogen and oxygen atoms in total. The van der Waals surface area contributed by atoms with Crippen LogP contribution in [0.5, 0.6) is 0 Å². The minimum atomic E-state index is -0.296. The van der Waals surface area contributed by atoms with Crippen molar-refractivity contribution in [1.29, 1.82) is 0 Å². The molecule has 1 heterocycles. The normalized spacial score (nSPS) is 18.1. The van der Waals surface area contributed by atoms with E-state index in [4.69, 9.17) is 0 Å². The quantitative estimate of drug-likeness (QED) is 0.716. The lowest BCUT2D eigenvalue weighted by Crippen LogP contribution is -2.44. The Bertz CT molecular complexity index is 724. The number of halogens is 1. The predicted molar refractivity (Wildman–Crippen MR) is 112 cm³/mol. The van der Waals surface area contributed by atoms with Crippen molar-refractivity contribution in [2.75, 3.05) is 19.6 Å². The van der Waals surface area contributed by atoms with Crippen molar-refractivity contribution in [3.63, 3.8) is 0 Å². The largest absolute Gasteiger partial charge is 0.355 e. The van der Waals surface area contributed by atoms with E-state index in [0.29, 0.717) is 45.4 Å². The van der Waals surface area contributed by atoms with Crippen LogP contribution in [0, 0.1) is 17.7 Å². The highest BCUT2D eigenvalue weighted by Crippen LogP contribution is 2.23. The lowest BCUT2D eigenvalue weighted by Gasteiger charge is -2.31. The second kappa shape index (κ2) is 11.1. The summed E-state index contributed by atoms with van der Waals surface area (Å²) in [5, 5.41) is 5.81. The maximum Gasteiger partial charge on any atom is 0.224 e. The first-order valence-electron chi connectivity index (χ1n) is 11.1. The Labute approximate surface area is 177 Å². The fourth-order valence-electron chi connectivity index (χ4n) is 4.29. The minimum absolute atomic E-state index is 0.0221. The molecule has 0 spiro atoms. The average molecular weight is 418 g/mol. The van der Waals surface area contributed by atoms with Gasteiger partial charge < -0.3 is 15.5 Å². The van der Waals surface area contributed by atoms with Crippen LogP contribution in [0.15, 0.2) is 24.3 Å². The molecule has 7 heteroatoms. The number of hydrogen-bond donors (Lipinski definition) is 2. The topological polar surface area (TPSA) is 78.5 Å². The van der Waals surface area contributed by atoms with Crippen LogP contribution >= 0.6 is 0 Å². The van der Waals surface area contributed by atoms with Crippen LogP contribution < -0.4 is 10.6 Å². The summed E-state index contributed by atoms with van der Waals surface area (Å²) in [7, 11) is 0. The highest BCUT2D eigenvalue weighted by molar-refractivity contribution is 5.81. The number of likely N-dealkylation sites (tertiary alicyclic amines) is 1. The Morgan fingerprint density at radius 1 is 0.867 bits per heavy atom. The molecular formula is C23H32FN3O3. The monoisotopic (exact) mass is 417 g/mol. The molecule has 0 radical (unpaired) electrons. The number of hydrogen-bond acceptors (Lipinski definition) is 3. The molecule has 0 bridgehead atoms. The summed E-state index contributed by atoms with van der Waals surface area (Å²) in [5.41, 5.74) is 0.854. The smallest absolute Gasteiger partial charge is 0.224 e. The SMILES string of the molecule is O=C(NCCC(=O)N1CCC(C(=O)NCc2ccc(F)cc2)CC1)C1CCCCC1. The molecule has 1 aliphatic heterocycles. The number of nitrogens with one attached hydrogen (secondary N) is 2. The minimum Gasteiger partial charge on any atom is -0.355 e. The molecule has 2 N–H and O–H groups in total. The van der Waals surface area contributed by atoms with Gasteiger partial charge in [0.15, 0.2) is 0 Å². The van der Waals surface area contributed by atoms with Crippen molar-refractivity contribution in [2.24, 2.45) is 11.8 Å². The summed E-state index contributed by atoms with van der Waals surface area (Å²) >= 11 is 0. The molecule has 1 saturated heterocycles. The number of benzene rings is 1. The lowest BCUT2D eigenvalue weighted by atomic mass is 9.89. The maximum atomic E-state index is 12.9. The Morgan fingerprint density at radius 2 is 1.47 bits per heavy atom. The third kappa shape index (κ3) is 6.54. The highest BCUT2D eigenvalue weighted by Gasteiger charge is 2.27. The molecule has 30 heavy (non-hydrogen) atoms. The van der Waals surface area contributed by atoms with Crippen LogP contribution in [-0.2, 0) is 20.9 Å². The Balaban J connectivity index is 1.32. The Kier molecular flexibility index (Phi) is 8.22. The summed E-state index contributed by atoms with van der Waals surface area (Å²) in [6.45, 7) is 1.87. The molecule has 164 valence electrons. The first-order valence-corrected chi connectivity index (χ1v) is 11.1. The fourth-order valence-corrected chi connectivity index (χ4v) is 4.29. The van der Waals surface area contributed by atoms with Gasteiger partial charge in [0, 0.05) is 44.4 Å². The van der Waals surface area contributed by atoms with E-state index in [-0.39, 0.29) is 35.4 Å². The van der Waals surface area contributed by atoms with E-state index < -0.39 is 0 Å². The van der Waals surface area contributed by atoms with E-state index in [2.05, 4.69) is 10.6 Å². The van der Waals surface area contributed by atoms with Gasteiger partial charge in [-0.15, -0.1) is 0 Å². The second-order valence-electron chi connectivity index (χ2n) is 8.38. The molecule has 1 aromatic rings. The molecule has 1 saturated carbocycles. The van der Waals surface area contributed by atoms with E-state index in [1.54, 1.807) is 17.0 Å². The molecule has 0 unspecified atom stereocenters. The Morgan fingerprint density at radius 3 is 2.13 bits per heavy atom. The van der Waals surface area contributed by atoms with Crippen LogP contribution in [0.2, 0.25) is 0 Å². The van der Waals surface area contributed by atoms with Crippen molar-refractivity contribution >= 4 is 17.7 Å². The van der Waals surface area contributed by atoms with Gasteiger partial charge in [0.1, 0.15) is 5.82 Å². The van der Waals surface area contributed by atoms with Crippen LogP contribution in [0.25, 0.3) is 0 Å². The Hall–Kier alpha value is -2.44. The first-order chi connectivity index (χ1) is 14.5. The maximum absolute atomic E-state index is 12.9. The molecule has 2 fully saturated rings. The van der Waals surface area contributed by atoms with Gasteiger partial charge in [0.25, 0.3) is 0 Å². The molecule has 1 aromatic carbocycles. The van der Waals surface area contributed by atoms with Crippen molar-refractivity contribution in [2.45, 2.75) is 57.9 Å². The van der Waals surface area contributed by atoms with Gasteiger partial charge >= 0.3 is 0 Å². The summed E-state index contributed by atoms with van der Waals surface area (Å²) in [6, 6.07) is 6.07. The zero-order valence-corrected chi connectivity index (χ0v) is 17.5. The van der Waals surface area contributed by atoms with Gasteiger partial charge in [0.05, 0.1) is 0 Å². The second-order valence-corrected chi connectivity index (χ2v) is 8.38. The van der Waals surface area contributed by atoms with Crippen LogP contribution in [0.1, 0.15) is 56.9 Å². The summed E-state index contributed by atoms with van der Waals surface area (Å²) in [4.78, 5) is 38.7. The van der Waals surface area contributed by atoms with Crippen LogP contribution in [-0.4, -0.2) is 42.3 Å². The molecule has 2 aliphatic rings. The zero-order chi connectivity index (χ0) is 21.3. The van der Waals surface area contributed by atoms with Crippen molar-refractivity contribution in [3.8, 4) is 0 Å². The average Bonchev–Trinajstić information content (AvgIpc) is 2.79. The van der Waals surface area contributed by atoms with Gasteiger partial charge in [-0.1, -0.05) is 31.4 Å². The van der Waals surface area contributed by atoms with Crippen molar-refractivity contribution in [1.82, 2.24) is 15.5 Å². The number of nitrogens with zero attached hydrogens (tertiary/aromatic N) is 1. The number of amides is 3. The molecular weight excluding hydrogens is 385 g/mol. The van der Waals surface area contributed by atoms with Gasteiger partial charge in [-0.25, -0.2) is 4.39 Å². The van der Waals surface area contributed by atoms with Crippen molar-refractivity contribution in [3.05, 3.63) is 35.6 Å². The third-order valence-corrected chi connectivity index (χ3v) is 6.21. The van der Waals surface area contributed by atoms with E-state index in [9.17, 15) is 18.8 Å². The molecule has 0 atom stereocenters. The van der Waals surface area contributed by atoms with Gasteiger partial charge in [0.2, 0.25) is 17.7 Å². The van der Waals surface area contributed by atoms with E-state index in [1.165, 1.54) is 18.6 Å². The number of carbonyl (C=O) groups is 3. The fraction of sp³-hybridized carbons (Fsp3) is 0.609. The number of carbonyl (C=O) groups excluding carboxylic acids is 3. The lowest BCUT2D eigenvalue weighted by molar-refractivity contribution is -0.135. The molecule has 3 rings (SSSR count). The highest BCUT2D eigenvalue weighted by atomic mass is 19.1. The summed E-state index contributed by atoms with van der Waals surface area (Å²) in [5.74, 6) is -0.205. The van der Waals surface area contributed by atoms with Crippen molar-refractivity contribution < 1.29 is 18.8 Å². The van der Waals surface area contributed by atoms with E-state index in [1.807, 2.05) is 0 Å². The van der Waals surface area contributed by atoms with Crippen LogP contribution in [0.3, 0.4) is 0 Å². The number of rotatable bonds is 7. The summed E-state index contributed by atoms with van der Waals surface area (Å²) < 4.78 is 12.9. The van der Waals surface area contributed by atoms with Crippen LogP contribution in [0.4, 0.5) is 4.39 Å². The van der Waals surface area contributed by atoms with E-state index in [0.717, 1.165) is 31.2 Å². The number of piperidine rings is 1. The van der Waals surface area contributed by atoms with E-state index >= 15 is 0 Å².